The molecule has 1 aliphatic carbocycles. The first-order valence-electron chi connectivity index (χ1n) is 7.87. The van der Waals surface area contributed by atoms with Gasteiger partial charge in [0.2, 0.25) is 0 Å². The molecule has 0 radical (unpaired) electrons. The van der Waals surface area contributed by atoms with Gasteiger partial charge in [0.05, 0.1) is 23.1 Å². The SMILES string of the molecule is CC(C)c1cc(-c2cc3cc(F)c(F)cc3n2C2CC2)cnn1. The molecule has 0 amide bonds. The molecule has 1 fully saturated rings. The van der Waals surface area contributed by atoms with E-state index in [-0.39, 0.29) is 5.92 Å². The number of aromatic nitrogens is 3. The van der Waals surface area contributed by atoms with E-state index < -0.39 is 11.6 Å². The van der Waals surface area contributed by atoms with E-state index in [2.05, 4.69) is 28.6 Å². The van der Waals surface area contributed by atoms with Gasteiger partial charge in [-0.2, -0.15) is 10.2 Å². The van der Waals surface area contributed by atoms with Crippen LogP contribution in [0.3, 0.4) is 0 Å². The van der Waals surface area contributed by atoms with Crippen molar-refractivity contribution in [3.05, 3.63) is 47.8 Å². The fourth-order valence-electron chi connectivity index (χ4n) is 2.98. The van der Waals surface area contributed by atoms with Gasteiger partial charge < -0.3 is 4.57 Å². The van der Waals surface area contributed by atoms with Gasteiger partial charge in [0.1, 0.15) is 0 Å². The van der Waals surface area contributed by atoms with Gasteiger partial charge in [0.15, 0.2) is 11.6 Å². The predicted octanol–water partition coefficient (Wildman–Crippen LogP) is 4.83. The zero-order valence-electron chi connectivity index (χ0n) is 13.1. The molecule has 0 aliphatic heterocycles. The van der Waals surface area contributed by atoms with Crippen molar-refractivity contribution < 1.29 is 8.78 Å². The summed E-state index contributed by atoms with van der Waals surface area (Å²) in [6.07, 6.45) is 3.84. The van der Waals surface area contributed by atoms with E-state index >= 15 is 0 Å². The summed E-state index contributed by atoms with van der Waals surface area (Å²) in [4.78, 5) is 0. The first kappa shape index (κ1) is 14.3. The molecular weight excluding hydrogens is 296 g/mol. The van der Waals surface area contributed by atoms with Crippen molar-refractivity contribution in [3.8, 4) is 11.3 Å². The summed E-state index contributed by atoms with van der Waals surface area (Å²) in [7, 11) is 0. The second-order valence-corrected chi connectivity index (χ2v) is 6.48. The van der Waals surface area contributed by atoms with Crippen LogP contribution in [0.1, 0.15) is 44.3 Å². The van der Waals surface area contributed by atoms with Gasteiger partial charge in [-0.3, -0.25) is 0 Å². The zero-order chi connectivity index (χ0) is 16.1. The molecule has 3 nitrogen and oxygen atoms in total. The number of hydrogen-bond donors (Lipinski definition) is 0. The van der Waals surface area contributed by atoms with E-state index in [1.807, 2.05) is 12.1 Å². The van der Waals surface area contributed by atoms with Crippen LogP contribution < -0.4 is 0 Å². The van der Waals surface area contributed by atoms with Crippen molar-refractivity contribution in [2.24, 2.45) is 0 Å². The zero-order valence-corrected chi connectivity index (χ0v) is 13.1. The second kappa shape index (κ2) is 5.11. The molecule has 0 N–H and O–H groups in total. The minimum absolute atomic E-state index is 0.274. The second-order valence-electron chi connectivity index (χ2n) is 6.48. The van der Waals surface area contributed by atoms with Gasteiger partial charge in [0, 0.05) is 23.1 Å². The molecule has 0 unspecified atom stereocenters. The molecule has 2 heterocycles. The Balaban J connectivity index is 1.96. The first-order valence-corrected chi connectivity index (χ1v) is 7.87. The van der Waals surface area contributed by atoms with Crippen LogP contribution in [-0.2, 0) is 0 Å². The molecule has 0 spiro atoms. The standard InChI is InChI=1S/C18H17F2N3/c1-10(2)16-6-12(9-21-22-16)17-7-11-5-14(19)15(20)8-18(11)23(17)13-3-4-13/h5-10,13H,3-4H2,1-2H3. The summed E-state index contributed by atoms with van der Waals surface area (Å²) in [5.41, 5.74) is 3.54. The number of benzene rings is 1. The van der Waals surface area contributed by atoms with Crippen LogP contribution in [-0.4, -0.2) is 14.8 Å². The largest absolute Gasteiger partial charge is 0.337 e. The van der Waals surface area contributed by atoms with Crippen molar-refractivity contribution >= 4 is 10.9 Å². The average molecular weight is 313 g/mol. The smallest absolute Gasteiger partial charge is 0.160 e. The van der Waals surface area contributed by atoms with Crippen molar-refractivity contribution in [2.45, 2.75) is 38.6 Å². The van der Waals surface area contributed by atoms with E-state index in [9.17, 15) is 8.78 Å². The third-order valence-electron chi connectivity index (χ3n) is 4.35. The van der Waals surface area contributed by atoms with Gasteiger partial charge in [-0.1, -0.05) is 13.8 Å². The third kappa shape index (κ3) is 2.40. The molecule has 3 aromatic rings. The minimum atomic E-state index is -0.812. The Morgan fingerprint density at radius 2 is 1.83 bits per heavy atom. The fourth-order valence-corrected chi connectivity index (χ4v) is 2.98. The molecular formula is C18H17F2N3. The lowest BCUT2D eigenvalue weighted by Gasteiger charge is -2.11. The van der Waals surface area contributed by atoms with Crippen molar-refractivity contribution in [1.29, 1.82) is 0 Å². The highest BCUT2D eigenvalue weighted by Gasteiger charge is 2.28. The maximum atomic E-state index is 13.7. The van der Waals surface area contributed by atoms with Crippen LogP contribution >= 0.6 is 0 Å². The Morgan fingerprint density at radius 1 is 1.09 bits per heavy atom. The van der Waals surface area contributed by atoms with Crippen LogP contribution in [0.2, 0.25) is 0 Å². The first-order chi connectivity index (χ1) is 11.0. The van der Waals surface area contributed by atoms with E-state index in [4.69, 9.17) is 0 Å². The molecule has 4 rings (SSSR count). The number of fused-ring (bicyclic) bond motifs is 1. The molecule has 118 valence electrons. The number of nitrogens with zero attached hydrogens (tertiary/aromatic N) is 3. The van der Waals surface area contributed by atoms with Gasteiger partial charge >= 0.3 is 0 Å². The number of halogens is 2. The highest BCUT2D eigenvalue weighted by molar-refractivity contribution is 5.87. The maximum Gasteiger partial charge on any atom is 0.160 e. The van der Waals surface area contributed by atoms with Crippen LogP contribution in [0.15, 0.2) is 30.5 Å². The Kier molecular flexibility index (Phi) is 3.18. The fraction of sp³-hybridized carbons (Fsp3) is 0.333. The molecule has 0 bridgehead atoms. The normalized spacial score (nSPS) is 14.8. The highest BCUT2D eigenvalue weighted by Crippen LogP contribution is 2.43. The molecule has 5 heteroatoms. The molecule has 23 heavy (non-hydrogen) atoms. The van der Waals surface area contributed by atoms with Gasteiger partial charge in [-0.25, -0.2) is 8.78 Å². The van der Waals surface area contributed by atoms with Gasteiger partial charge in [0.25, 0.3) is 0 Å². The van der Waals surface area contributed by atoms with Gasteiger partial charge in [-0.15, -0.1) is 0 Å². The quantitative estimate of drug-likeness (QED) is 0.693. The lowest BCUT2D eigenvalue weighted by molar-refractivity contribution is 0.510. The van der Waals surface area contributed by atoms with Crippen molar-refractivity contribution in [3.63, 3.8) is 0 Å². The molecule has 1 saturated carbocycles. The number of rotatable bonds is 3. The maximum absolute atomic E-state index is 13.7. The average Bonchev–Trinajstić information content (AvgIpc) is 3.30. The van der Waals surface area contributed by atoms with E-state index in [0.717, 1.165) is 35.3 Å². The van der Waals surface area contributed by atoms with Crippen molar-refractivity contribution in [1.82, 2.24) is 14.8 Å². The molecule has 2 aromatic heterocycles. The Morgan fingerprint density at radius 3 is 2.52 bits per heavy atom. The molecule has 0 atom stereocenters. The molecule has 0 saturated heterocycles. The van der Waals surface area contributed by atoms with Crippen LogP contribution in [0, 0.1) is 11.6 Å². The summed E-state index contributed by atoms with van der Waals surface area (Å²) in [5, 5.41) is 8.97. The summed E-state index contributed by atoms with van der Waals surface area (Å²) < 4.78 is 29.4. The van der Waals surface area contributed by atoms with Crippen LogP contribution in [0.5, 0.6) is 0 Å². The lowest BCUT2D eigenvalue weighted by Crippen LogP contribution is -2.00. The highest BCUT2D eigenvalue weighted by atomic mass is 19.2. The Bertz CT molecular complexity index is 895. The van der Waals surface area contributed by atoms with E-state index in [1.165, 1.54) is 12.1 Å². The van der Waals surface area contributed by atoms with E-state index in [0.29, 0.717) is 11.4 Å². The molecule has 1 aromatic carbocycles. The lowest BCUT2D eigenvalue weighted by atomic mass is 10.1. The number of hydrogen-bond acceptors (Lipinski definition) is 2. The monoisotopic (exact) mass is 313 g/mol. The summed E-state index contributed by atoms with van der Waals surface area (Å²) in [6.45, 7) is 4.13. The third-order valence-corrected chi connectivity index (χ3v) is 4.35. The van der Waals surface area contributed by atoms with Crippen molar-refractivity contribution in [2.75, 3.05) is 0 Å². The molecule has 1 aliphatic rings. The Hall–Kier alpha value is -2.30. The van der Waals surface area contributed by atoms with Gasteiger partial charge in [-0.05, 0) is 37.0 Å². The minimum Gasteiger partial charge on any atom is -0.337 e. The topological polar surface area (TPSA) is 30.7 Å². The van der Waals surface area contributed by atoms with Crippen LogP contribution in [0.25, 0.3) is 22.2 Å². The summed E-state index contributed by atoms with van der Waals surface area (Å²) >= 11 is 0. The predicted molar refractivity (Wildman–Crippen MR) is 85.2 cm³/mol. The van der Waals surface area contributed by atoms with E-state index in [1.54, 1.807) is 6.20 Å². The van der Waals surface area contributed by atoms with Crippen LogP contribution in [0.4, 0.5) is 8.78 Å². The Labute approximate surface area is 133 Å². The summed E-state index contributed by atoms with van der Waals surface area (Å²) in [5.74, 6) is -1.34. The summed E-state index contributed by atoms with van der Waals surface area (Å²) in [6, 6.07) is 6.84.